The van der Waals surface area contributed by atoms with Crippen LogP contribution < -0.4 is 0 Å². The van der Waals surface area contributed by atoms with Crippen molar-refractivity contribution < 1.29 is 0 Å². The molecule has 0 rings (SSSR count). The summed E-state index contributed by atoms with van der Waals surface area (Å²) in [6.45, 7) is 6.92. The van der Waals surface area contributed by atoms with Gasteiger partial charge in [-0.3, -0.25) is 0 Å². The van der Waals surface area contributed by atoms with Gasteiger partial charge in [0.25, 0.3) is 0 Å². The molecule has 0 radical (unpaired) electrons. The summed E-state index contributed by atoms with van der Waals surface area (Å²) >= 11 is 0. The first-order valence-electron chi connectivity index (χ1n) is 1.73. The molecule has 0 fully saturated rings. The van der Waals surface area contributed by atoms with Gasteiger partial charge >= 0.3 is 0 Å². The molecular formula is C3H13BSi. The molecule has 0 aliphatic carbocycles. The van der Waals surface area contributed by atoms with E-state index < -0.39 is 0 Å². The van der Waals surface area contributed by atoms with Gasteiger partial charge < -0.3 is 0 Å². The lowest BCUT2D eigenvalue weighted by molar-refractivity contribution is 1.91. The quantitative estimate of drug-likeness (QED) is 0.363. The van der Waals surface area contributed by atoms with E-state index in [0.717, 1.165) is 0 Å². The summed E-state index contributed by atoms with van der Waals surface area (Å²) in [4.78, 5) is 0. The van der Waals surface area contributed by atoms with E-state index in [2.05, 4.69) is 19.6 Å². The molecular weight excluding hydrogens is 74.9 g/mol. The van der Waals surface area contributed by atoms with E-state index in [1.807, 2.05) is 0 Å². The molecule has 0 aliphatic heterocycles. The summed E-state index contributed by atoms with van der Waals surface area (Å²) in [7, 11) is -0.139. The zero-order valence-corrected chi connectivity index (χ0v) is 4.73. The SMILES string of the molecule is B.C[SiH](C)C. The molecule has 0 unspecified atom stereocenters. The van der Waals surface area contributed by atoms with Crippen molar-refractivity contribution in [2.45, 2.75) is 19.6 Å². The zero-order valence-electron chi connectivity index (χ0n) is 3.58. The second kappa shape index (κ2) is 4.28. The first-order chi connectivity index (χ1) is 1.73. The van der Waals surface area contributed by atoms with Gasteiger partial charge in [0.15, 0.2) is 0 Å². The first kappa shape index (κ1) is 8.99. The molecule has 0 spiro atoms. The molecule has 0 aromatic rings. The standard InChI is InChI=1S/C3H10Si.BH3/c1-4(2)3;/h4H,1-3H3;1H3. The third-order valence-electron chi connectivity index (χ3n) is 0. The first-order valence-corrected chi connectivity index (χ1v) is 5.20. The maximum absolute atomic E-state index is 2.31. The molecule has 5 heavy (non-hydrogen) atoms. The highest BCUT2D eigenvalue weighted by Gasteiger charge is 1.71. The topological polar surface area (TPSA) is 0 Å². The van der Waals surface area contributed by atoms with Crippen molar-refractivity contribution in [1.82, 2.24) is 0 Å². The maximum Gasteiger partial charge on any atom is 0.0814 e. The molecule has 0 aromatic heterocycles. The molecule has 0 amide bonds. The summed E-state index contributed by atoms with van der Waals surface area (Å²) in [5, 5.41) is 0. The van der Waals surface area contributed by atoms with Crippen LogP contribution in [0.1, 0.15) is 0 Å². The van der Waals surface area contributed by atoms with E-state index in [1.165, 1.54) is 0 Å². The Bertz CT molecular complexity index is 11.6. The fourth-order valence-corrected chi connectivity index (χ4v) is 0. The lowest BCUT2D eigenvalue weighted by Crippen LogP contribution is -1.84. The van der Waals surface area contributed by atoms with E-state index in [4.69, 9.17) is 0 Å². The normalized spacial score (nSPS) is 7.20. The van der Waals surface area contributed by atoms with Crippen LogP contribution in [0.15, 0.2) is 0 Å². The van der Waals surface area contributed by atoms with Gasteiger partial charge in [-0.05, 0) is 0 Å². The second-order valence-corrected chi connectivity index (χ2v) is 5.20. The minimum Gasteiger partial charge on any atom is -0.0724 e. The Morgan fingerprint density at radius 3 is 1.00 bits per heavy atom. The van der Waals surface area contributed by atoms with Crippen molar-refractivity contribution in [3.05, 3.63) is 0 Å². The predicted octanol–water partition coefficient (Wildman–Crippen LogP) is -0.0810. The molecule has 0 atom stereocenters. The Balaban J connectivity index is 0. The molecule has 0 N–H and O–H groups in total. The van der Waals surface area contributed by atoms with Crippen molar-refractivity contribution in [3.8, 4) is 0 Å². The lowest BCUT2D eigenvalue weighted by Gasteiger charge is -1.75. The smallest absolute Gasteiger partial charge is 0.0724 e. The Labute approximate surface area is 37.8 Å². The third kappa shape index (κ3) is 281. The average Bonchev–Trinajstić information content (AvgIpc) is 0.811. The Kier molecular flexibility index (Phi) is 7.70. The highest BCUT2D eigenvalue weighted by Crippen LogP contribution is 1.68. The number of hydrogen-bond acceptors (Lipinski definition) is 0. The average molecular weight is 88.0 g/mol. The fraction of sp³-hybridized carbons (Fsp3) is 1.00. The van der Waals surface area contributed by atoms with Crippen LogP contribution in [0.5, 0.6) is 0 Å². The van der Waals surface area contributed by atoms with Crippen LogP contribution in [0.3, 0.4) is 0 Å². The van der Waals surface area contributed by atoms with Crippen LogP contribution in [0.2, 0.25) is 19.6 Å². The van der Waals surface area contributed by atoms with Gasteiger partial charge in [0.05, 0.1) is 8.41 Å². The van der Waals surface area contributed by atoms with E-state index in [9.17, 15) is 0 Å². The maximum atomic E-state index is 2.31. The second-order valence-electron chi connectivity index (χ2n) is 1.73. The van der Waals surface area contributed by atoms with E-state index >= 15 is 0 Å². The molecule has 2 heteroatoms. The monoisotopic (exact) mass is 88.1 g/mol. The number of hydrogen-bond donors (Lipinski definition) is 0. The molecule has 0 bridgehead atoms. The van der Waals surface area contributed by atoms with Crippen LogP contribution >= 0.6 is 0 Å². The minimum absolute atomic E-state index is 0. The predicted molar refractivity (Wildman–Crippen MR) is 34.7 cm³/mol. The van der Waals surface area contributed by atoms with Crippen molar-refractivity contribution in [2.24, 2.45) is 0 Å². The molecule has 0 nitrogen and oxygen atoms in total. The van der Waals surface area contributed by atoms with Crippen molar-refractivity contribution >= 4 is 17.2 Å². The Morgan fingerprint density at radius 2 is 1.00 bits per heavy atom. The molecule has 0 aliphatic rings. The molecule has 0 saturated heterocycles. The zero-order chi connectivity index (χ0) is 3.58. The van der Waals surface area contributed by atoms with Crippen LogP contribution in [-0.4, -0.2) is 17.2 Å². The molecule has 0 saturated carbocycles. The largest absolute Gasteiger partial charge is 0.0814 e. The highest BCUT2D eigenvalue weighted by molar-refractivity contribution is 6.54. The summed E-state index contributed by atoms with van der Waals surface area (Å²) in [5.41, 5.74) is 0. The highest BCUT2D eigenvalue weighted by atomic mass is 28.3. The van der Waals surface area contributed by atoms with Gasteiger partial charge in [-0.25, -0.2) is 0 Å². The van der Waals surface area contributed by atoms with E-state index in [1.54, 1.807) is 0 Å². The van der Waals surface area contributed by atoms with Crippen LogP contribution in [0.25, 0.3) is 0 Å². The van der Waals surface area contributed by atoms with E-state index in [0.29, 0.717) is 0 Å². The third-order valence-corrected chi connectivity index (χ3v) is 0. The minimum atomic E-state index is -0.139. The fourth-order valence-electron chi connectivity index (χ4n) is 0. The summed E-state index contributed by atoms with van der Waals surface area (Å²) in [6.07, 6.45) is 0. The lowest BCUT2D eigenvalue weighted by atomic mass is 10.8. The van der Waals surface area contributed by atoms with Crippen molar-refractivity contribution in [1.29, 1.82) is 0 Å². The molecule has 0 aromatic carbocycles. The van der Waals surface area contributed by atoms with Gasteiger partial charge in [0, 0.05) is 8.80 Å². The van der Waals surface area contributed by atoms with E-state index in [-0.39, 0.29) is 17.2 Å². The number of rotatable bonds is 0. The molecule has 32 valence electrons. The Morgan fingerprint density at radius 1 is 1.00 bits per heavy atom. The van der Waals surface area contributed by atoms with Crippen molar-refractivity contribution in [2.75, 3.05) is 0 Å². The van der Waals surface area contributed by atoms with Crippen LogP contribution in [0, 0.1) is 0 Å². The summed E-state index contributed by atoms with van der Waals surface area (Å²) < 4.78 is 0. The van der Waals surface area contributed by atoms with Crippen LogP contribution in [0.4, 0.5) is 0 Å². The van der Waals surface area contributed by atoms with Gasteiger partial charge in [0.1, 0.15) is 0 Å². The van der Waals surface area contributed by atoms with Gasteiger partial charge in [-0.1, -0.05) is 19.6 Å². The van der Waals surface area contributed by atoms with Crippen LogP contribution in [-0.2, 0) is 0 Å². The van der Waals surface area contributed by atoms with Gasteiger partial charge in [-0.2, -0.15) is 0 Å². The Hall–Kier alpha value is 0.282. The summed E-state index contributed by atoms with van der Waals surface area (Å²) in [5.74, 6) is 0. The summed E-state index contributed by atoms with van der Waals surface area (Å²) in [6, 6.07) is 0. The van der Waals surface area contributed by atoms with Gasteiger partial charge in [0.2, 0.25) is 0 Å². The molecule has 0 heterocycles. The van der Waals surface area contributed by atoms with Gasteiger partial charge in [-0.15, -0.1) is 0 Å². The van der Waals surface area contributed by atoms with Crippen molar-refractivity contribution in [3.63, 3.8) is 0 Å².